The second-order valence-electron chi connectivity index (χ2n) is 4.44. The van der Waals surface area contributed by atoms with Gasteiger partial charge in [0.2, 0.25) is 0 Å². The largest absolute Gasteiger partial charge is 0.455 e. The minimum Gasteiger partial charge on any atom is -0.455 e. The predicted octanol–water partition coefficient (Wildman–Crippen LogP) is 6.88. The Hall–Kier alpha value is 0.160. The van der Waals surface area contributed by atoms with Gasteiger partial charge >= 0.3 is 0 Å². The molecule has 0 atom stereocenters. The van der Waals surface area contributed by atoms with E-state index in [0.29, 0.717) is 0 Å². The summed E-state index contributed by atoms with van der Waals surface area (Å²) in [5.41, 5.74) is 2.47. The van der Waals surface area contributed by atoms with Crippen LogP contribution in [-0.4, -0.2) is 10.7 Å². The molecular formula is C16H14Br4O. The van der Waals surface area contributed by atoms with E-state index in [4.69, 9.17) is 4.74 Å². The van der Waals surface area contributed by atoms with E-state index < -0.39 is 0 Å². The zero-order valence-corrected chi connectivity index (χ0v) is 17.6. The van der Waals surface area contributed by atoms with Gasteiger partial charge in [-0.2, -0.15) is 0 Å². The van der Waals surface area contributed by atoms with Crippen LogP contribution in [0.5, 0.6) is 11.5 Å². The van der Waals surface area contributed by atoms with Gasteiger partial charge in [0.25, 0.3) is 0 Å². The summed E-state index contributed by atoms with van der Waals surface area (Å²) in [5.74, 6) is 1.68. The Kier molecular flexibility index (Phi) is 7.26. The molecule has 112 valence electrons. The Labute approximate surface area is 159 Å². The van der Waals surface area contributed by atoms with E-state index in [0.717, 1.165) is 43.9 Å². The van der Waals surface area contributed by atoms with E-state index in [2.05, 4.69) is 75.9 Å². The van der Waals surface area contributed by atoms with Crippen molar-refractivity contribution >= 4 is 63.7 Å². The fraction of sp³-hybridized carbons (Fsp3) is 0.250. The summed E-state index contributed by atoms with van der Waals surface area (Å²) < 4.78 is 8.12. The molecule has 0 amide bonds. The molecule has 0 radical (unpaired) electrons. The van der Waals surface area contributed by atoms with Crippen molar-refractivity contribution in [3.8, 4) is 11.5 Å². The van der Waals surface area contributed by atoms with Crippen molar-refractivity contribution in [2.45, 2.75) is 12.8 Å². The molecule has 0 aliphatic rings. The molecule has 0 bridgehead atoms. The molecular weight excluding hydrogens is 528 g/mol. The van der Waals surface area contributed by atoms with Gasteiger partial charge in [0.15, 0.2) is 0 Å². The summed E-state index contributed by atoms with van der Waals surface area (Å²) >= 11 is 14.2. The van der Waals surface area contributed by atoms with Crippen molar-refractivity contribution in [2.24, 2.45) is 0 Å². The Balaban J connectivity index is 2.30. The molecule has 1 nitrogen and oxygen atoms in total. The average Bonchev–Trinajstić information content (AvgIpc) is 2.48. The Bertz CT molecular complexity index is 560. The average molecular weight is 542 g/mol. The summed E-state index contributed by atoms with van der Waals surface area (Å²) in [6.45, 7) is 0. The van der Waals surface area contributed by atoms with Crippen LogP contribution in [0.2, 0.25) is 0 Å². The highest BCUT2D eigenvalue weighted by atomic mass is 79.9. The fourth-order valence-corrected chi connectivity index (χ4v) is 3.92. The van der Waals surface area contributed by atoms with Gasteiger partial charge < -0.3 is 4.74 Å². The van der Waals surface area contributed by atoms with Gasteiger partial charge in [-0.25, -0.2) is 0 Å². The zero-order valence-electron chi connectivity index (χ0n) is 11.2. The third-order valence-electron chi connectivity index (χ3n) is 3.03. The molecule has 0 unspecified atom stereocenters. The van der Waals surface area contributed by atoms with Crippen LogP contribution in [0.4, 0.5) is 0 Å². The number of halogens is 4. The second-order valence-corrected chi connectivity index (χ2v) is 7.61. The molecule has 0 fully saturated rings. The van der Waals surface area contributed by atoms with Crippen LogP contribution in [0.15, 0.2) is 45.3 Å². The Morgan fingerprint density at radius 2 is 1.14 bits per heavy atom. The number of hydrogen-bond acceptors (Lipinski definition) is 1. The van der Waals surface area contributed by atoms with Crippen LogP contribution in [0.25, 0.3) is 0 Å². The molecule has 2 aromatic carbocycles. The van der Waals surface area contributed by atoms with Crippen LogP contribution >= 0.6 is 63.7 Å². The summed E-state index contributed by atoms with van der Waals surface area (Å²) in [6, 6.07) is 12.2. The molecule has 2 rings (SSSR count). The molecule has 0 spiro atoms. The molecule has 0 saturated carbocycles. The maximum atomic E-state index is 6.09. The van der Waals surface area contributed by atoms with Gasteiger partial charge in [-0.15, -0.1) is 0 Å². The van der Waals surface area contributed by atoms with E-state index in [-0.39, 0.29) is 0 Å². The Morgan fingerprint density at radius 1 is 0.714 bits per heavy atom. The van der Waals surface area contributed by atoms with Crippen molar-refractivity contribution in [1.82, 2.24) is 0 Å². The van der Waals surface area contributed by atoms with E-state index in [1.54, 1.807) is 0 Å². The lowest BCUT2D eigenvalue weighted by Gasteiger charge is -2.13. The maximum absolute atomic E-state index is 6.09. The zero-order chi connectivity index (χ0) is 15.2. The van der Waals surface area contributed by atoms with Crippen molar-refractivity contribution < 1.29 is 4.74 Å². The lowest BCUT2D eigenvalue weighted by Crippen LogP contribution is -1.94. The van der Waals surface area contributed by atoms with E-state index in [1.165, 1.54) is 11.1 Å². The van der Waals surface area contributed by atoms with Crippen LogP contribution in [0, 0.1) is 0 Å². The number of ether oxygens (including phenoxy) is 1. The third kappa shape index (κ3) is 4.57. The molecule has 0 aliphatic carbocycles. The first-order valence-corrected chi connectivity index (χ1v) is 10.3. The molecule has 2 aromatic rings. The highest BCUT2D eigenvalue weighted by molar-refractivity contribution is 9.11. The van der Waals surface area contributed by atoms with E-state index >= 15 is 0 Å². The lowest BCUT2D eigenvalue weighted by molar-refractivity contribution is 0.475. The van der Waals surface area contributed by atoms with Gasteiger partial charge in [0.1, 0.15) is 11.5 Å². The predicted molar refractivity (Wildman–Crippen MR) is 103 cm³/mol. The molecule has 0 heterocycles. The molecule has 0 N–H and O–H groups in total. The molecule has 0 saturated heterocycles. The molecule has 0 aromatic heterocycles. The van der Waals surface area contributed by atoms with Gasteiger partial charge in [0.05, 0.1) is 8.95 Å². The van der Waals surface area contributed by atoms with Crippen molar-refractivity contribution in [1.29, 1.82) is 0 Å². The second kappa shape index (κ2) is 8.70. The summed E-state index contributed by atoms with van der Waals surface area (Å²) in [6.07, 6.45) is 1.92. The summed E-state index contributed by atoms with van der Waals surface area (Å²) in [5, 5.41) is 1.86. The smallest absolute Gasteiger partial charge is 0.141 e. The van der Waals surface area contributed by atoms with Crippen molar-refractivity contribution in [3.63, 3.8) is 0 Å². The van der Waals surface area contributed by atoms with Gasteiger partial charge in [-0.05, 0) is 68.0 Å². The number of aryl methyl sites for hydroxylation is 2. The van der Waals surface area contributed by atoms with Gasteiger partial charge in [-0.1, -0.05) is 56.1 Å². The fourth-order valence-electron chi connectivity index (χ4n) is 1.98. The molecule has 0 aliphatic heterocycles. The first-order chi connectivity index (χ1) is 10.2. The molecule has 21 heavy (non-hydrogen) atoms. The van der Waals surface area contributed by atoms with Gasteiger partial charge in [0, 0.05) is 10.7 Å². The maximum Gasteiger partial charge on any atom is 0.141 e. The number of alkyl halides is 2. The SMILES string of the molecule is BrCCc1cccc(Oc2cccc(CCBr)c2Br)c1Br. The lowest BCUT2D eigenvalue weighted by atomic mass is 10.1. The van der Waals surface area contributed by atoms with Gasteiger partial charge in [-0.3, -0.25) is 0 Å². The van der Waals surface area contributed by atoms with Crippen molar-refractivity contribution in [2.75, 3.05) is 10.7 Å². The Morgan fingerprint density at radius 3 is 1.52 bits per heavy atom. The highest BCUT2D eigenvalue weighted by Crippen LogP contribution is 2.37. The topological polar surface area (TPSA) is 9.23 Å². The monoisotopic (exact) mass is 538 g/mol. The van der Waals surface area contributed by atoms with Crippen LogP contribution in [0.1, 0.15) is 11.1 Å². The number of hydrogen-bond donors (Lipinski definition) is 0. The normalized spacial score (nSPS) is 10.7. The van der Waals surface area contributed by atoms with Crippen LogP contribution < -0.4 is 4.74 Å². The standard InChI is InChI=1S/C16H14Br4O/c17-9-7-11-3-1-5-13(15(11)19)21-14-6-2-4-12(8-10-18)16(14)20/h1-6H,7-10H2. The van der Waals surface area contributed by atoms with E-state index in [1.807, 2.05) is 24.3 Å². The van der Waals surface area contributed by atoms with Crippen LogP contribution in [-0.2, 0) is 12.8 Å². The number of rotatable bonds is 6. The highest BCUT2D eigenvalue weighted by Gasteiger charge is 2.11. The number of benzene rings is 2. The summed E-state index contributed by atoms with van der Waals surface area (Å²) in [7, 11) is 0. The quantitative estimate of drug-likeness (QED) is 0.362. The minimum atomic E-state index is 0.838. The summed E-state index contributed by atoms with van der Waals surface area (Å²) in [4.78, 5) is 0. The van der Waals surface area contributed by atoms with Crippen LogP contribution in [0.3, 0.4) is 0 Å². The minimum absolute atomic E-state index is 0.838. The van der Waals surface area contributed by atoms with Crippen molar-refractivity contribution in [3.05, 3.63) is 56.5 Å². The third-order valence-corrected chi connectivity index (χ3v) is 5.63. The first kappa shape index (κ1) is 17.5. The van der Waals surface area contributed by atoms with E-state index in [9.17, 15) is 0 Å². The first-order valence-electron chi connectivity index (χ1n) is 6.52. The molecule has 5 heteroatoms.